The molecule has 2 aromatic heterocycles. The molecule has 0 saturated carbocycles. The number of hydrogen-bond donors (Lipinski definition) is 0. The smallest absolute Gasteiger partial charge is 0.140 e. The second-order valence-electron chi connectivity index (χ2n) is 7.40. The third-order valence-electron chi connectivity index (χ3n) is 5.62. The lowest BCUT2D eigenvalue weighted by atomic mass is 9.97. The molecule has 0 N–H and O–H groups in total. The zero-order chi connectivity index (χ0) is 19.8. The molecule has 0 fully saturated rings. The van der Waals surface area contributed by atoms with Crippen molar-refractivity contribution in [1.82, 2.24) is 15.0 Å². The molecule has 0 amide bonds. The molecule has 0 unspecified atom stereocenters. The Morgan fingerprint density at radius 3 is 2.76 bits per heavy atom. The molecule has 3 heterocycles. The lowest BCUT2D eigenvalue weighted by molar-refractivity contribution is 0.415. The van der Waals surface area contributed by atoms with E-state index in [4.69, 9.17) is 9.72 Å². The molecular weight excluding hydrogens is 360 g/mol. The molecule has 0 aliphatic carbocycles. The molecule has 1 aliphatic rings. The molecule has 1 aliphatic heterocycles. The van der Waals surface area contributed by atoms with Crippen LogP contribution in [0.5, 0.6) is 5.75 Å². The van der Waals surface area contributed by atoms with Crippen molar-refractivity contribution in [2.75, 3.05) is 18.6 Å². The van der Waals surface area contributed by atoms with Crippen molar-refractivity contribution in [3.63, 3.8) is 0 Å². The Kier molecular flexibility index (Phi) is 4.35. The van der Waals surface area contributed by atoms with Crippen molar-refractivity contribution >= 4 is 16.7 Å². The molecule has 144 valence electrons. The Labute approximate surface area is 170 Å². The summed E-state index contributed by atoms with van der Waals surface area (Å²) in [5, 5.41) is 1.01. The normalized spacial score (nSPS) is 13.4. The third-order valence-corrected chi connectivity index (χ3v) is 5.62. The number of hydrogen-bond acceptors (Lipinski definition) is 5. The Hall–Kier alpha value is -3.47. The summed E-state index contributed by atoms with van der Waals surface area (Å²) in [6.07, 6.45) is 4.54. The fraction of sp³-hybridized carbons (Fsp3) is 0.208. The summed E-state index contributed by atoms with van der Waals surface area (Å²) in [5.74, 6) is 1.76. The number of pyridine rings is 1. The number of methoxy groups -OCH3 is 1. The van der Waals surface area contributed by atoms with Crippen LogP contribution in [0.15, 0.2) is 61.1 Å². The van der Waals surface area contributed by atoms with Gasteiger partial charge in [-0.1, -0.05) is 24.3 Å². The SMILES string of the molecule is COc1ccc2ncnc(N3CCc4ncc(-c5ccccc5C)cc4C3)c2c1. The molecule has 4 aromatic rings. The van der Waals surface area contributed by atoms with E-state index in [1.165, 1.54) is 22.4 Å². The predicted molar refractivity (Wildman–Crippen MR) is 115 cm³/mol. The zero-order valence-corrected chi connectivity index (χ0v) is 16.6. The average Bonchev–Trinajstić information content (AvgIpc) is 2.78. The molecule has 0 radical (unpaired) electrons. The molecule has 0 spiro atoms. The monoisotopic (exact) mass is 382 g/mol. The first-order chi connectivity index (χ1) is 14.2. The largest absolute Gasteiger partial charge is 0.497 e. The Morgan fingerprint density at radius 1 is 1.00 bits per heavy atom. The standard InChI is InChI=1S/C24H22N4O/c1-16-5-3-4-6-20(16)17-11-18-14-28(10-9-22(18)25-13-17)24-21-12-19(29-2)7-8-23(21)26-15-27-24/h3-8,11-13,15H,9-10,14H2,1-2H3. The van der Waals surface area contributed by atoms with E-state index < -0.39 is 0 Å². The second kappa shape index (κ2) is 7.17. The highest BCUT2D eigenvalue weighted by molar-refractivity contribution is 5.90. The minimum atomic E-state index is 0.783. The average molecular weight is 382 g/mol. The van der Waals surface area contributed by atoms with Crippen LogP contribution >= 0.6 is 0 Å². The van der Waals surface area contributed by atoms with E-state index in [9.17, 15) is 0 Å². The van der Waals surface area contributed by atoms with Gasteiger partial charge in [0.1, 0.15) is 17.9 Å². The van der Waals surface area contributed by atoms with E-state index in [-0.39, 0.29) is 0 Å². The van der Waals surface area contributed by atoms with Crippen LogP contribution in [-0.2, 0) is 13.0 Å². The fourth-order valence-corrected chi connectivity index (χ4v) is 4.05. The van der Waals surface area contributed by atoms with Gasteiger partial charge >= 0.3 is 0 Å². The molecule has 0 bridgehead atoms. The molecule has 5 rings (SSSR count). The number of anilines is 1. The predicted octanol–water partition coefficient (Wildman–Crippen LogP) is 4.57. The van der Waals surface area contributed by atoms with Crippen LogP contribution in [0.4, 0.5) is 5.82 Å². The molecule has 5 nitrogen and oxygen atoms in total. The summed E-state index contributed by atoms with van der Waals surface area (Å²) in [4.78, 5) is 16.1. The highest BCUT2D eigenvalue weighted by Crippen LogP contribution is 2.32. The minimum Gasteiger partial charge on any atom is -0.497 e. The lowest BCUT2D eigenvalue weighted by Crippen LogP contribution is -2.31. The number of aryl methyl sites for hydroxylation is 1. The Morgan fingerprint density at radius 2 is 1.90 bits per heavy atom. The van der Waals surface area contributed by atoms with Gasteiger partial charge < -0.3 is 9.64 Å². The van der Waals surface area contributed by atoms with Crippen molar-refractivity contribution in [3.05, 3.63) is 77.9 Å². The Bertz CT molecular complexity index is 1200. The van der Waals surface area contributed by atoms with Crippen LogP contribution in [0.3, 0.4) is 0 Å². The second-order valence-corrected chi connectivity index (χ2v) is 7.40. The van der Waals surface area contributed by atoms with Crippen LogP contribution in [0.1, 0.15) is 16.8 Å². The van der Waals surface area contributed by atoms with Gasteiger partial charge in [0.25, 0.3) is 0 Å². The first-order valence-electron chi connectivity index (χ1n) is 9.80. The maximum atomic E-state index is 5.41. The minimum absolute atomic E-state index is 0.783. The highest BCUT2D eigenvalue weighted by Gasteiger charge is 2.21. The van der Waals surface area contributed by atoms with E-state index in [1.54, 1.807) is 13.4 Å². The quantitative estimate of drug-likeness (QED) is 0.519. The maximum Gasteiger partial charge on any atom is 0.140 e. The van der Waals surface area contributed by atoms with Gasteiger partial charge in [0, 0.05) is 42.4 Å². The fourth-order valence-electron chi connectivity index (χ4n) is 4.05. The van der Waals surface area contributed by atoms with Gasteiger partial charge in [0.15, 0.2) is 0 Å². The number of ether oxygens (including phenoxy) is 1. The van der Waals surface area contributed by atoms with Crippen LogP contribution in [0, 0.1) is 6.92 Å². The number of benzene rings is 2. The van der Waals surface area contributed by atoms with E-state index in [0.717, 1.165) is 47.5 Å². The van der Waals surface area contributed by atoms with E-state index in [2.05, 4.69) is 52.1 Å². The van der Waals surface area contributed by atoms with Crippen LogP contribution in [0.2, 0.25) is 0 Å². The molecule has 0 atom stereocenters. The highest BCUT2D eigenvalue weighted by atomic mass is 16.5. The Balaban J connectivity index is 1.54. The maximum absolute atomic E-state index is 5.41. The van der Waals surface area contributed by atoms with Gasteiger partial charge in [-0.25, -0.2) is 9.97 Å². The molecule has 29 heavy (non-hydrogen) atoms. The van der Waals surface area contributed by atoms with Gasteiger partial charge in [-0.3, -0.25) is 4.98 Å². The molecular formula is C24H22N4O. The van der Waals surface area contributed by atoms with Crippen molar-refractivity contribution in [2.24, 2.45) is 0 Å². The van der Waals surface area contributed by atoms with E-state index in [1.807, 2.05) is 24.4 Å². The first-order valence-corrected chi connectivity index (χ1v) is 9.80. The van der Waals surface area contributed by atoms with E-state index >= 15 is 0 Å². The number of fused-ring (bicyclic) bond motifs is 2. The van der Waals surface area contributed by atoms with Gasteiger partial charge in [-0.15, -0.1) is 0 Å². The van der Waals surface area contributed by atoms with Crippen LogP contribution in [-0.4, -0.2) is 28.6 Å². The lowest BCUT2D eigenvalue weighted by Gasteiger charge is -2.30. The first kappa shape index (κ1) is 17.6. The number of nitrogens with zero attached hydrogens (tertiary/aromatic N) is 4. The van der Waals surface area contributed by atoms with Crippen molar-refractivity contribution in [1.29, 1.82) is 0 Å². The molecule has 2 aromatic carbocycles. The summed E-state index contributed by atoms with van der Waals surface area (Å²) >= 11 is 0. The summed E-state index contributed by atoms with van der Waals surface area (Å²) in [7, 11) is 1.68. The van der Waals surface area contributed by atoms with Crippen molar-refractivity contribution in [3.8, 4) is 16.9 Å². The third kappa shape index (κ3) is 3.18. The van der Waals surface area contributed by atoms with Crippen LogP contribution in [0.25, 0.3) is 22.0 Å². The van der Waals surface area contributed by atoms with Crippen LogP contribution < -0.4 is 9.64 Å². The van der Waals surface area contributed by atoms with Gasteiger partial charge in [0.2, 0.25) is 0 Å². The van der Waals surface area contributed by atoms with Gasteiger partial charge in [-0.2, -0.15) is 0 Å². The van der Waals surface area contributed by atoms with Gasteiger partial charge in [0.05, 0.1) is 12.6 Å². The summed E-state index contributed by atoms with van der Waals surface area (Å²) in [5.41, 5.74) is 7.01. The summed E-state index contributed by atoms with van der Waals surface area (Å²) in [6, 6.07) is 16.7. The van der Waals surface area contributed by atoms with Crippen molar-refractivity contribution in [2.45, 2.75) is 19.9 Å². The topological polar surface area (TPSA) is 51.1 Å². The molecule has 5 heteroatoms. The summed E-state index contributed by atoms with van der Waals surface area (Å²) in [6.45, 7) is 3.81. The number of rotatable bonds is 3. The van der Waals surface area contributed by atoms with E-state index in [0.29, 0.717) is 0 Å². The molecule has 0 saturated heterocycles. The zero-order valence-electron chi connectivity index (χ0n) is 16.6. The number of aromatic nitrogens is 3. The summed E-state index contributed by atoms with van der Waals surface area (Å²) < 4.78 is 5.41. The van der Waals surface area contributed by atoms with Crippen molar-refractivity contribution < 1.29 is 4.74 Å². The van der Waals surface area contributed by atoms with Gasteiger partial charge in [-0.05, 0) is 47.9 Å².